The third kappa shape index (κ3) is 5.52. The summed E-state index contributed by atoms with van der Waals surface area (Å²) in [5, 5.41) is 5.72. The molecular weight excluding hydrogens is 460 g/mol. The molecular formula is C27H32N4O5. The number of amides is 2. The third-order valence-corrected chi connectivity index (χ3v) is 6.49. The molecule has 0 bridgehead atoms. The number of hydrogen-bond acceptors (Lipinski definition) is 7. The first-order chi connectivity index (χ1) is 17.4. The lowest BCUT2D eigenvalue weighted by Gasteiger charge is -2.38. The molecule has 1 fully saturated rings. The number of anilines is 1. The summed E-state index contributed by atoms with van der Waals surface area (Å²) in [5.41, 5.74) is 3.37. The van der Waals surface area contributed by atoms with Crippen LogP contribution in [0.15, 0.2) is 59.8 Å². The fraction of sp³-hybridized carbons (Fsp3) is 0.370. The van der Waals surface area contributed by atoms with Crippen LogP contribution in [0.4, 0.5) is 10.5 Å². The molecule has 1 saturated heterocycles. The second-order valence-electron chi connectivity index (χ2n) is 8.75. The van der Waals surface area contributed by atoms with E-state index in [0.29, 0.717) is 34.7 Å². The summed E-state index contributed by atoms with van der Waals surface area (Å²) in [7, 11) is 1.56. The number of ether oxygens (including phenoxy) is 2. The van der Waals surface area contributed by atoms with Crippen molar-refractivity contribution in [1.29, 1.82) is 0 Å². The van der Waals surface area contributed by atoms with Gasteiger partial charge in [0, 0.05) is 55.2 Å². The quantitative estimate of drug-likeness (QED) is 0.432. The van der Waals surface area contributed by atoms with Gasteiger partial charge in [0.15, 0.2) is 5.78 Å². The van der Waals surface area contributed by atoms with Crippen LogP contribution >= 0.6 is 0 Å². The van der Waals surface area contributed by atoms with E-state index < -0.39 is 12.0 Å². The minimum Gasteiger partial charge on any atom is -0.496 e. The van der Waals surface area contributed by atoms with Gasteiger partial charge in [-0.05, 0) is 44.2 Å². The van der Waals surface area contributed by atoms with Crippen LogP contribution in [0.1, 0.15) is 35.8 Å². The number of ketones is 1. The fourth-order valence-electron chi connectivity index (χ4n) is 4.63. The fourth-order valence-corrected chi connectivity index (χ4v) is 4.63. The number of benzene rings is 2. The van der Waals surface area contributed by atoms with Crippen LogP contribution in [-0.2, 0) is 9.53 Å². The van der Waals surface area contributed by atoms with Gasteiger partial charge in [-0.2, -0.15) is 0 Å². The van der Waals surface area contributed by atoms with Crippen LogP contribution in [0.2, 0.25) is 0 Å². The molecule has 0 aromatic heterocycles. The lowest BCUT2D eigenvalue weighted by atomic mass is 9.94. The van der Waals surface area contributed by atoms with Crippen LogP contribution in [0, 0.1) is 0 Å². The molecule has 0 radical (unpaired) electrons. The van der Waals surface area contributed by atoms with Crippen molar-refractivity contribution >= 4 is 23.5 Å². The molecule has 0 spiro atoms. The first-order valence-corrected chi connectivity index (χ1v) is 12.1. The Morgan fingerprint density at radius 3 is 2.36 bits per heavy atom. The molecule has 2 amide bonds. The Bertz CT molecular complexity index is 1150. The number of carbonyl (C=O) groups excluding carboxylic acids is 3. The highest BCUT2D eigenvalue weighted by Crippen LogP contribution is 2.33. The van der Waals surface area contributed by atoms with Gasteiger partial charge in [-0.25, -0.2) is 9.59 Å². The Labute approximate surface area is 211 Å². The topological polar surface area (TPSA) is 100 Å². The van der Waals surface area contributed by atoms with E-state index in [4.69, 9.17) is 9.47 Å². The van der Waals surface area contributed by atoms with Gasteiger partial charge in [-0.3, -0.25) is 9.69 Å². The summed E-state index contributed by atoms with van der Waals surface area (Å²) in [6, 6.07) is 13.9. The summed E-state index contributed by atoms with van der Waals surface area (Å²) in [6.45, 7) is 7.01. The number of rotatable bonds is 8. The van der Waals surface area contributed by atoms with Crippen LogP contribution in [-0.4, -0.2) is 69.1 Å². The lowest BCUT2D eigenvalue weighted by Crippen LogP contribution is -2.51. The number of para-hydroxylation sites is 1. The van der Waals surface area contributed by atoms with E-state index in [0.717, 1.165) is 31.9 Å². The molecule has 1 unspecified atom stereocenters. The van der Waals surface area contributed by atoms with E-state index >= 15 is 0 Å². The molecule has 9 nitrogen and oxygen atoms in total. The monoisotopic (exact) mass is 492 g/mol. The summed E-state index contributed by atoms with van der Waals surface area (Å²) in [6.07, 6.45) is 0. The van der Waals surface area contributed by atoms with Crippen LogP contribution in [0.3, 0.4) is 0 Å². The Morgan fingerprint density at radius 1 is 1.03 bits per heavy atom. The van der Waals surface area contributed by atoms with Crippen molar-refractivity contribution in [2.24, 2.45) is 0 Å². The van der Waals surface area contributed by atoms with E-state index in [2.05, 4.69) is 20.4 Å². The molecule has 2 N–H and O–H groups in total. The first kappa shape index (κ1) is 25.2. The highest BCUT2D eigenvalue weighted by molar-refractivity contribution is 5.95. The summed E-state index contributed by atoms with van der Waals surface area (Å²) < 4.78 is 10.9. The van der Waals surface area contributed by atoms with E-state index in [1.54, 1.807) is 27.0 Å². The second kappa shape index (κ2) is 11.3. The maximum Gasteiger partial charge on any atom is 0.338 e. The maximum absolute atomic E-state index is 13.1. The molecule has 4 rings (SSSR count). The van der Waals surface area contributed by atoms with E-state index in [1.165, 1.54) is 0 Å². The zero-order chi connectivity index (χ0) is 25.7. The van der Waals surface area contributed by atoms with Gasteiger partial charge < -0.3 is 25.0 Å². The average molecular weight is 493 g/mol. The normalized spacial score (nSPS) is 18.4. The van der Waals surface area contributed by atoms with Crippen molar-refractivity contribution < 1.29 is 23.9 Å². The van der Waals surface area contributed by atoms with E-state index in [1.807, 2.05) is 42.5 Å². The Kier molecular flexibility index (Phi) is 7.90. The van der Waals surface area contributed by atoms with Gasteiger partial charge in [0.2, 0.25) is 0 Å². The smallest absolute Gasteiger partial charge is 0.338 e. The van der Waals surface area contributed by atoms with Gasteiger partial charge in [-0.1, -0.05) is 18.2 Å². The molecule has 2 aliphatic heterocycles. The highest BCUT2D eigenvalue weighted by atomic mass is 16.5. The number of carbonyl (C=O) groups is 3. The minimum absolute atomic E-state index is 0.0486. The number of nitrogens with one attached hydrogen (secondary N) is 2. The molecule has 36 heavy (non-hydrogen) atoms. The summed E-state index contributed by atoms with van der Waals surface area (Å²) >= 11 is 0. The first-order valence-electron chi connectivity index (χ1n) is 12.1. The largest absolute Gasteiger partial charge is 0.496 e. The summed E-state index contributed by atoms with van der Waals surface area (Å²) in [4.78, 5) is 41.8. The zero-order valence-corrected chi connectivity index (χ0v) is 20.9. The second-order valence-corrected chi connectivity index (χ2v) is 8.75. The minimum atomic E-state index is -0.690. The van der Waals surface area contributed by atoms with Crippen LogP contribution in [0.25, 0.3) is 0 Å². The zero-order valence-electron chi connectivity index (χ0n) is 20.9. The number of Topliss-reactive ketones (excluding diaryl/α,β-unsaturated/α-hetero) is 1. The molecule has 0 aliphatic carbocycles. The molecule has 0 saturated carbocycles. The molecule has 2 heterocycles. The molecule has 9 heteroatoms. The maximum atomic E-state index is 13.1. The van der Waals surface area contributed by atoms with Crippen molar-refractivity contribution in [1.82, 2.24) is 15.5 Å². The Balaban J connectivity index is 1.54. The summed E-state index contributed by atoms with van der Waals surface area (Å²) in [5.74, 6) is 0.155. The lowest BCUT2D eigenvalue weighted by molar-refractivity contribution is -0.139. The van der Waals surface area contributed by atoms with Gasteiger partial charge in [0.05, 0.1) is 25.3 Å². The van der Waals surface area contributed by atoms with E-state index in [-0.39, 0.29) is 18.4 Å². The number of piperazine rings is 1. The SMILES string of the molecule is CCOC(=O)C1=C(CN2CCN(c3ccc(C(C)=O)cc3)CC2)NC(=O)NC1c1ccccc1OC. The van der Waals surface area contributed by atoms with Crippen LogP contribution in [0.5, 0.6) is 5.75 Å². The third-order valence-electron chi connectivity index (χ3n) is 6.49. The number of esters is 1. The van der Waals surface area contributed by atoms with Crippen molar-refractivity contribution in [2.75, 3.05) is 51.3 Å². The predicted molar refractivity (Wildman–Crippen MR) is 136 cm³/mol. The number of nitrogens with zero attached hydrogens (tertiary/aromatic N) is 2. The predicted octanol–water partition coefficient (Wildman–Crippen LogP) is 2.89. The number of urea groups is 1. The van der Waals surface area contributed by atoms with Crippen LogP contribution < -0.4 is 20.3 Å². The average Bonchev–Trinajstić information content (AvgIpc) is 2.89. The number of hydrogen-bond donors (Lipinski definition) is 2. The molecule has 1 atom stereocenters. The van der Waals surface area contributed by atoms with Crippen molar-refractivity contribution in [3.8, 4) is 5.75 Å². The van der Waals surface area contributed by atoms with Gasteiger partial charge in [-0.15, -0.1) is 0 Å². The van der Waals surface area contributed by atoms with Crippen molar-refractivity contribution in [3.63, 3.8) is 0 Å². The van der Waals surface area contributed by atoms with Gasteiger partial charge in [0.25, 0.3) is 0 Å². The standard InChI is InChI=1S/C27H32N4O5/c1-4-36-26(33)24-22(28-27(34)29-25(24)21-7-5-6-8-23(21)35-3)17-30-13-15-31(16-14-30)20-11-9-19(10-12-20)18(2)32/h5-12,25H,4,13-17H2,1-3H3,(H2,28,29,34). The molecule has 190 valence electrons. The van der Waals surface area contributed by atoms with Crippen molar-refractivity contribution in [2.45, 2.75) is 19.9 Å². The van der Waals surface area contributed by atoms with Crippen molar-refractivity contribution in [3.05, 3.63) is 70.9 Å². The van der Waals surface area contributed by atoms with E-state index in [9.17, 15) is 14.4 Å². The molecule has 2 aromatic carbocycles. The van der Waals surface area contributed by atoms with Gasteiger partial charge >= 0.3 is 12.0 Å². The molecule has 2 aromatic rings. The number of methoxy groups -OCH3 is 1. The van der Waals surface area contributed by atoms with Gasteiger partial charge in [0.1, 0.15) is 5.75 Å². The molecule has 2 aliphatic rings. The highest BCUT2D eigenvalue weighted by Gasteiger charge is 2.36. The Hall–Kier alpha value is -3.85. The Morgan fingerprint density at radius 2 is 1.72 bits per heavy atom.